The Balaban J connectivity index is 0.000000191. The molecule has 5 aromatic rings. The lowest BCUT2D eigenvalue weighted by Gasteiger charge is -2.35. The van der Waals surface area contributed by atoms with Crippen molar-refractivity contribution in [2.45, 2.75) is 25.7 Å². The largest absolute Gasteiger partial charge is 0.460 e. The molecular weight excluding hydrogens is 719 g/mol. The van der Waals surface area contributed by atoms with Crippen LogP contribution in [0, 0.1) is 51.9 Å². The van der Waals surface area contributed by atoms with Crippen LogP contribution in [0.2, 0.25) is 0 Å². The molecule has 1 aromatic heterocycles. The minimum Gasteiger partial charge on any atom is -0.460 e. The fourth-order valence-electron chi connectivity index (χ4n) is 7.79. The molecule has 9 nitrogen and oxygen atoms in total. The summed E-state index contributed by atoms with van der Waals surface area (Å²) in [6.45, 7) is 4.17. The molecule has 0 radical (unpaired) electrons. The molecule has 4 atom stereocenters. The normalized spacial score (nSPS) is 19.2. The number of ether oxygens (including phenoxy) is 2. The fraction of sp³-hybridized carbons (Fsp3) is 0.204. The van der Waals surface area contributed by atoms with Gasteiger partial charge < -0.3 is 24.3 Å². The number of nitriles is 1. The molecule has 58 heavy (non-hydrogen) atoms. The van der Waals surface area contributed by atoms with E-state index in [0.717, 1.165) is 40.0 Å². The van der Waals surface area contributed by atoms with Crippen LogP contribution in [0.4, 0.5) is 0 Å². The van der Waals surface area contributed by atoms with Gasteiger partial charge in [-0.25, -0.2) is 9.15 Å². The Morgan fingerprint density at radius 3 is 1.48 bits per heavy atom. The third-order valence-corrected chi connectivity index (χ3v) is 10.7. The van der Waals surface area contributed by atoms with E-state index in [2.05, 4.69) is 147 Å². The van der Waals surface area contributed by atoms with E-state index in [-0.39, 0.29) is 38.5 Å². The number of aromatic nitrogens is 4. The number of hydrogen-bond donors (Lipinski definition) is 0. The molecule has 292 valence electrons. The molecule has 4 aliphatic rings. The van der Waals surface area contributed by atoms with Crippen molar-refractivity contribution in [3.63, 3.8) is 0 Å². The lowest BCUT2D eigenvalue weighted by molar-refractivity contribution is -0.462. The van der Waals surface area contributed by atoms with E-state index in [1.54, 1.807) is 0 Å². The highest BCUT2D eigenvalue weighted by Gasteiger charge is 2.38. The van der Waals surface area contributed by atoms with Crippen LogP contribution in [0.15, 0.2) is 139 Å². The van der Waals surface area contributed by atoms with Gasteiger partial charge in [0.2, 0.25) is 17.2 Å². The lowest BCUT2D eigenvalue weighted by Crippen LogP contribution is -2.28. The number of nitrogens with zero attached hydrogens (tertiary/aromatic N) is 7. The van der Waals surface area contributed by atoms with Crippen molar-refractivity contribution in [1.29, 1.82) is 5.26 Å². The molecule has 3 heterocycles. The maximum atomic E-state index is 9.10. The Morgan fingerprint density at radius 1 is 0.603 bits per heavy atom. The van der Waals surface area contributed by atoms with Crippen LogP contribution < -0.4 is 9.47 Å². The van der Waals surface area contributed by atoms with Gasteiger partial charge in [0.05, 0.1) is 11.6 Å². The van der Waals surface area contributed by atoms with Crippen LogP contribution >= 0.6 is 0 Å². The van der Waals surface area contributed by atoms with Gasteiger partial charge in [-0.1, -0.05) is 72.8 Å². The zero-order chi connectivity index (χ0) is 38.9. The Kier molecular flexibility index (Phi) is 12.1. The molecule has 0 amide bonds. The van der Waals surface area contributed by atoms with E-state index < -0.39 is 0 Å². The van der Waals surface area contributed by atoms with Crippen LogP contribution in [0.25, 0.3) is 11.4 Å². The van der Waals surface area contributed by atoms with Gasteiger partial charge in [0, 0.05) is 64.7 Å². The second-order valence-electron chi connectivity index (χ2n) is 15.0. The number of hydrogen-bond acceptors (Lipinski definition) is 7. The molecule has 0 N–H and O–H groups in total. The smallest absolute Gasteiger partial charge is 0.203 e. The summed E-state index contributed by atoms with van der Waals surface area (Å²) in [7, 11) is 8.17. The van der Waals surface area contributed by atoms with Gasteiger partial charge in [0.25, 0.3) is 0 Å². The first-order chi connectivity index (χ1) is 27.2. The first kappa shape index (κ1) is 40.9. The van der Waals surface area contributed by atoms with E-state index in [1.165, 1.54) is 39.7 Å². The predicted octanol–water partition coefficient (Wildman–Crippen LogP) is 8.62. The summed E-state index contributed by atoms with van der Waals surface area (Å²) in [5, 5.41) is 24.9. The quantitative estimate of drug-likeness (QED) is 0.134. The van der Waals surface area contributed by atoms with E-state index in [4.69, 9.17) is 14.7 Å². The summed E-state index contributed by atoms with van der Waals surface area (Å²) in [6, 6.07) is 31.3. The molecule has 9 heteroatoms. The molecule has 4 unspecified atom stereocenters. The van der Waals surface area contributed by atoms with Crippen molar-refractivity contribution in [3.05, 3.63) is 193 Å². The highest BCUT2D eigenvalue weighted by atomic mass is 16.5. The molecule has 2 aliphatic carbocycles. The van der Waals surface area contributed by atoms with Crippen LogP contribution in [0.3, 0.4) is 0 Å². The van der Waals surface area contributed by atoms with Gasteiger partial charge >= 0.3 is 0 Å². The summed E-state index contributed by atoms with van der Waals surface area (Å²) < 4.78 is 16.9. The van der Waals surface area contributed by atoms with Gasteiger partial charge in [0.1, 0.15) is 51.2 Å². The maximum Gasteiger partial charge on any atom is 0.203 e. The number of benzene rings is 4. The van der Waals surface area contributed by atoms with Crippen molar-refractivity contribution in [2.75, 3.05) is 28.2 Å². The highest BCUT2D eigenvalue weighted by Crippen LogP contribution is 2.49. The number of aryl methyl sites for hydroxylation is 2. The minimum absolute atomic E-state index is 0. The monoisotopic (exact) mass is 767 g/mol. The molecule has 2 aliphatic heterocycles. The van der Waals surface area contributed by atoms with Crippen molar-refractivity contribution in [3.8, 4) is 29.0 Å². The molecular formula is C49H49N7O2. The third-order valence-electron chi connectivity index (χ3n) is 10.7. The summed E-state index contributed by atoms with van der Waals surface area (Å²) >= 11 is 0. The van der Waals surface area contributed by atoms with Crippen LogP contribution in [0.1, 0.15) is 50.8 Å². The van der Waals surface area contributed by atoms with E-state index >= 15 is 0 Å². The average molecular weight is 768 g/mol. The fourth-order valence-corrected chi connectivity index (χ4v) is 7.79. The molecule has 0 fully saturated rings. The predicted molar refractivity (Wildman–Crippen MR) is 230 cm³/mol. The molecule has 0 saturated carbocycles. The molecule has 0 bridgehead atoms. The highest BCUT2D eigenvalue weighted by molar-refractivity contribution is 6.02. The number of allylic oxidation sites excluding steroid dienone is 6. The SMILES string of the molecule is Cc1ccc2c(c1)OC1=CC(=[N+](C)C)C=CC1C2c1ccc(-c2nncnn2)cc1.Cc1ccc2c(c1)OC1=CC(=[N+](C)C)C=CC1C2c1ccc(C#N)cc1.[CH3-].[CH3-]. The number of rotatable bonds is 3. The van der Waals surface area contributed by atoms with Gasteiger partial charge in [-0.05, 0) is 60.4 Å². The van der Waals surface area contributed by atoms with Crippen molar-refractivity contribution in [2.24, 2.45) is 11.8 Å². The summed E-state index contributed by atoms with van der Waals surface area (Å²) in [5.74, 6) is 4.98. The Labute approximate surface area is 342 Å². The summed E-state index contributed by atoms with van der Waals surface area (Å²) in [6.07, 6.45) is 14.4. The van der Waals surface area contributed by atoms with Crippen LogP contribution in [-0.2, 0) is 0 Å². The molecule has 0 spiro atoms. The zero-order valence-electron chi connectivity index (χ0n) is 34.4. The second-order valence-corrected chi connectivity index (χ2v) is 15.0. The molecule has 4 aromatic carbocycles. The van der Waals surface area contributed by atoms with Crippen LogP contribution in [0.5, 0.6) is 11.5 Å². The number of fused-ring (bicyclic) bond motifs is 4. The average Bonchev–Trinajstić information content (AvgIpc) is 3.22. The van der Waals surface area contributed by atoms with E-state index in [1.807, 2.05) is 52.5 Å². The molecule has 9 rings (SSSR count). The summed E-state index contributed by atoms with van der Waals surface area (Å²) in [4.78, 5) is 0. The van der Waals surface area contributed by atoms with Crippen molar-refractivity contribution >= 4 is 11.4 Å². The Bertz CT molecular complexity index is 2550. The molecule has 0 saturated heterocycles. The van der Waals surface area contributed by atoms with Crippen molar-refractivity contribution < 1.29 is 18.6 Å². The first-order valence-electron chi connectivity index (χ1n) is 18.7. The first-order valence-corrected chi connectivity index (χ1v) is 18.7. The van der Waals surface area contributed by atoms with Crippen LogP contribution in [-0.4, -0.2) is 69.2 Å². The topological polar surface area (TPSA) is 99.8 Å². The van der Waals surface area contributed by atoms with Gasteiger partial charge in [-0.15, -0.1) is 20.4 Å². The van der Waals surface area contributed by atoms with Crippen molar-refractivity contribution in [1.82, 2.24) is 20.4 Å². The Morgan fingerprint density at radius 2 is 1.05 bits per heavy atom. The van der Waals surface area contributed by atoms with E-state index in [0.29, 0.717) is 11.4 Å². The maximum absolute atomic E-state index is 9.10. The Hall–Kier alpha value is -6.79. The van der Waals surface area contributed by atoms with Gasteiger partial charge in [-0.3, -0.25) is 0 Å². The minimum atomic E-state index is 0. The zero-order valence-corrected chi connectivity index (χ0v) is 34.4. The van der Waals surface area contributed by atoms with Gasteiger partial charge in [0.15, 0.2) is 6.33 Å². The third kappa shape index (κ3) is 8.05. The van der Waals surface area contributed by atoms with E-state index in [9.17, 15) is 0 Å². The summed E-state index contributed by atoms with van der Waals surface area (Å²) in [5.41, 5.74) is 11.0. The standard InChI is InChI=1S/C24H22N5O.C23H21N2O.2CH3/c1-15-4-10-19-21(12-15)30-22-13-18(29(2)3)9-11-20(22)23(19)16-5-7-17(8-6-16)24-27-25-14-26-28-24;1-15-4-10-19-21(12-15)26-22-13-18(25(2)3)9-11-20(22)23(19)17-7-5-16(14-24)6-8-17;;/h4-14,20,23H,1-3H3;4-13,20,23H,1-3H3;2*1H3/q2*+1;2*-1. The lowest BCUT2D eigenvalue weighted by atomic mass is 9.75. The second kappa shape index (κ2) is 17.1. The van der Waals surface area contributed by atoms with Gasteiger partial charge in [-0.2, -0.15) is 5.26 Å².